The molecule has 0 radical (unpaired) electrons. The number of carboxylic acid groups (broad SMARTS) is 1. The third-order valence-corrected chi connectivity index (χ3v) is 7.31. The minimum absolute atomic E-state index is 0.0125. The van der Waals surface area contributed by atoms with E-state index in [1.165, 1.54) is 34.3 Å². The van der Waals surface area contributed by atoms with Crippen LogP contribution in [-0.2, 0) is 24.0 Å². The summed E-state index contributed by atoms with van der Waals surface area (Å²) in [6, 6.07) is 11.5. The highest BCUT2D eigenvalue weighted by Gasteiger charge is 2.45. The lowest BCUT2D eigenvalue weighted by molar-refractivity contribution is -0.158. The summed E-state index contributed by atoms with van der Waals surface area (Å²) in [5, 5.41) is 13.3. The second kappa shape index (κ2) is 9.37. The van der Waals surface area contributed by atoms with Crippen LogP contribution in [0.15, 0.2) is 60.4 Å². The Morgan fingerprint density at radius 3 is 2.62 bits per heavy atom. The van der Waals surface area contributed by atoms with Gasteiger partial charge in [0.25, 0.3) is 0 Å². The molecule has 0 bridgehead atoms. The monoisotopic (exact) mass is 511 g/mol. The number of halogens is 3. The lowest BCUT2D eigenvalue weighted by Gasteiger charge is -2.45. The Kier molecular flexibility index (Phi) is 6.35. The number of ether oxygens (including phenoxy) is 1. The number of alkyl halides is 3. The van der Waals surface area contributed by atoms with Crippen molar-refractivity contribution in [2.24, 2.45) is 5.41 Å². The van der Waals surface area contributed by atoms with Crippen LogP contribution in [0.4, 0.5) is 13.2 Å². The fourth-order valence-corrected chi connectivity index (χ4v) is 5.23. The van der Waals surface area contributed by atoms with Gasteiger partial charge in [0.1, 0.15) is 12.4 Å². The lowest BCUT2D eigenvalue weighted by Crippen LogP contribution is -2.59. The predicted molar refractivity (Wildman–Crippen MR) is 132 cm³/mol. The van der Waals surface area contributed by atoms with Crippen molar-refractivity contribution in [3.63, 3.8) is 0 Å². The average molecular weight is 512 g/mol. The molecule has 1 saturated heterocycles. The molecule has 194 valence electrons. The van der Waals surface area contributed by atoms with E-state index in [0.29, 0.717) is 24.4 Å². The number of carbonyl (C=O) groups is 1. The molecule has 37 heavy (non-hydrogen) atoms. The number of hydrogen-bond acceptors (Lipinski definition) is 4. The third kappa shape index (κ3) is 5.00. The molecule has 0 unspecified atom stereocenters. The number of carboxylic acids is 1. The summed E-state index contributed by atoms with van der Waals surface area (Å²) in [6.45, 7) is 5.75. The van der Waals surface area contributed by atoms with Crippen LogP contribution >= 0.6 is 0 Å². The van der Waals surface area contributed by atoms with Crippen LogP contribution in [0.1, 0.15) is 42.5 Å². The predicted octanol–water partition coefficient (Wildman–Crippen LogP) is 5.60. The van der Waals surface area contributed by atoms with Crippen LogP contribution in [-0.4, -0.2) is 45.4 Å². The first-order valence-corrected chi connectivity index (χ1v) is 12.1. The number of aromatic nitrogens is 2. The first-order valence-electron chi connectivity index (χ1n) is 12.1. The highest BCUT2D eigenvalue weighted by molar-refractivity contribution is 5.76. The van der Waals surface area contributed by atoms with Gasteiger partial charge in [0, 0.05) is 32.0 Å². The first kappa shape index (κ1) is 25.1. The molecule has 1 fully saturated rings. The SMILES string of the molecule is CC1=C(CN2CC(C)(C(=O)O)C2)CCc2cc(OCc3ccc(-n4cccn4)c(C(F)(F)F)c3)ccc21. The van der Waals surface area contributed by atoms with E-state index in [0.717, 1.165) is 36.6 Å². The molecule has 9 heteroatoms. The molecular weight excluding hydrogens is 483 g/mol. The van der Waals surface area contributed by atoms with Crippen LogP contribution in [0, 0.1) is 5.41 Å². The highest BCUT2D eigenvalue weighted by Crippen LogP contribution is 2.37. The van der Waals surface area contributed by atoms with Crippen molar-refractivity contribution in [3.8, 4) is 11.4 Å². The zero-order valence-electron chi connectivity index (χ0n) is 20.7. The molecule has 0 atom stereocenters. The Bertz CT molecular complexity index is 1360. The van der Waals surface area contributed by atoms with Crippen molar-refractivity contribution >= 4 is 11.5 Å². The summed E-state index contributed by atoms with van der Waals surface area (Å²) < 4.78 is 48.2. The largest absolute Gasteiger partial charge is 0.489 e. The molecule has 2 aromatic carbocycles. The zero-order chi connectivity index (χ0) is 26.4. The number of allylic oxidation sites excluding steroid dienone is 1. The maximum atomic E-state index is 13.7. The smallest absolute Gasteiger partial charge is 0.418 e. The van der Waals surface area contributed by atoms with Crippen molar-refractivity contribution in [3.05, 3.63) is 82.7 Å². The Labute approximate surface area is 213 Å². The number of nitrogens with zero attached hydrogens (tertiary/aromatic N) is 3. The van der Waals surface area contributed by atoms with E-state index in [4.69, 9.17) is 4.74 Å². The number of hydrogen-bond donors (Lipinski definition) is 1. The van der Waals surface area contributed by atoms with Gasteiger partial charge in [0.05, 0.1) is 16.7 Å². The van der Waals surface area contributed by atoms with Crippen LogP contribution in [0.3, 0.4) is 0 Å². The molecule has 0 spiro atoms. The molecule has 2 aliphatic rings. The van der Waals surface area contributed by atoms with E-state index in [1.807, 2.05) is 18.2 Å². The normalized spacial score (nSPS) is 17.3. The molecule has 6 nitrogen and oxygen atoms in total. The number of likely N-dealkylation sites (tertiary alicyclic amines) is 1. The standard InChI is InChI=1S/C28H28F3N3O3/c1-18-21(14-33-16-27(2,17-33)26(35)36)6-5-20-13-22(7-8-23(18)20)37-15-19-4-9-25(34-11-3-10-32-34)24(12-19)28(29,30)31/h3-4,7-13H,5-6,14-17H2,1-2H3,(H,35,36). The second-order valence-electron chi connectivity index (χ2n) is 10.1. The van der Waals surface area contributed by atoms with Gasteiger partial charge in [-0.2, -0.15) is 18.3 Å². The molecule has 1 N–H and O–H groups in total. The molecule has 2 heterocycles. The Morgan fingerprint density at radius 2 is 1.95 bits per heavy atom. The summed E-state index contributed by atoms with van der Waals surface area (Å²) in [7, 11) is 0. The van der Waals surface area contributed by atoms with Gasteiger partial charge in [-0.25, -0.2) is 4.68 Å². The lowest BCUT2D eigenvalue weighted by atomic mass is 9.80. The van der Waals surface area contributed by atoms with E-state index in [9.17, 15) is 23.1 Å². The maximum Gasteiger partial charge on any atom is 0.418 e. The Morgan fingerprint density at radius 1 is 1.16 bits per heavy atom. The molecule has 1 aromatic heterocycles. The van der Waals surface area contributed by atoms with Gasteiger partial charge in [0.15, 0.2) is 0 Å². The van der Waals surface area contributed by atoms with Gasteiger partial charge in [-0.3, -0.25) is 9.69 Å². The van der Waals surface area contributed by atoms with Crippen LogP contribution in [0.25, 0.3) is 11.3 Å². The molecule has 0 amide bonds. The van der Waals surface area contributed by atoms with Crippen molar-refractivity contribution in [1.29, 1.82) is 0 Å². The minimum Gasteiger partial charge on any atom is -0.489 e. The van der Waals surface area contributed by atoms with E-state index >= 15 is 0 Å². The quantitative estimate of drug-likeness (QED) is 0.448. The summed E-state index contributed by atoms with van der Waals surface area (Å²) in [5.74, 6) is -0.140. The summed E-state index contributed by atoms with van der Waals surface area (Å²) >= 11 is 0. The van der Waals surface area contributed by atoms with E-state index in [2.05, 4.69) is 16.9 Å². The molecule has 1 aliphatic heterocycles. The summed E-state index contributed by atoms with van der Waals surface area (Å²) in [4.78, 5) is 13.5. The van der Waals surface area contributed by atoms with Gasteiger partial charge in [-0.1, -0.05) is 17.7 Å². The molecular formula is C28H28F3N3O3. The first-order chi connectivity index (χ1) is 17.5. The number of aliphatic carboxylic acids is 1. The summed E-state index contributed by atoms with van der Waals surface area (Å²) in [5.41, 5.74) is 3.75. The Hall–Kier alpha value is -3.59. The third-order valence-electron chi connectivity index (χ3n) is 7.31. The van der Waals surface area contributed by atoms with Crippen molar-refractivity contribution < 1.29 is 27.8 Å². The van der Waals surface area contributed by atoms with E-state index < -0.39 is 23.1 Å². The minimum atomic E-state index is -4.52. The van der Waals surface area contributed by atoms with Crippen molar-refractivity contribution in [2.45, 2.75) is 39.5 Å². The summed E-state index contributed by atoms with van der Waals surface area (Å²) in [6.07, 6.45) is 0.110. The van der Waals surface area contributed by atoms with Gasteiger partial charge >= 0.3 is 12.1 Å². The van der Waals surface area contributed by atoms with Crippen LogP contribution in [0.5, 0.6) is 5.75 Å². The van der Waals surface area contributed by atoms with Gasteiger partial charge < -0.3 is 9.84 Å². The van der Waals surface area contributed by atoms with E-state index in [-0.39, 0.29) is 12.3 Å². The van der Waals surface area contributed by atoms with Crippen LogP contribution in [0.2, 0.25) is 0 Å². The number of fused-ring (bicyclic) bond motifs is 1. The fraction of sp³-hybridized carbons (Fsp3) is 0.357. The van der Waals surface area contributed by atoms with Gasteiger partial charge in [-0.05, 0) is 79.3 Å². The second-order valence-corrected chi connectivity index (χ2v) is 10.1. The topological polar surface area (TPSA) is 67.6 Å². The molecule has 5 rings (SSSR count). The fourth-order valence-electron chi connectivity index (χ4n) is 5.23. The molecule has 1 aliphatic carbocycles. The number of rotatable bonds is 7. The zero-order valence-corrected chi connectivity index (χ0v) is 20.7. The average Bonchev–Trinajstić information content (AvgIpc) is 3.37. The molecule has 3 aromatic rings. The van der Waals surface area contributed by atoms with Gasteiger partial charge in [0.2, 0.25) is 0 Å². The Balaban J connectivity index is 1.27. The maximum absolute atomic E-state index is 13.7. The van der Waals surface area contributed by atoms with Crippen LogP contribution < -0.4 is 4.74 Å². The van der Waals surface area contributed by atoms with Crippen molar-refractivity contribution in [1.82, 2.24) is 14.7 Å². The van der Waals surface area contributed by atoms with Gasteiger partial charge in [-0.15, -0.1) is 0 Å². The van der Waals surface area contributed by atoms with E-state index in [1.54, 1.807) is 19.1 Å². The number of aryl methyl sites for hydroxylation is 1. The highest BCUT2D eigenvalue weighted by atomic mass is 19.4. The number of benzene rings is 2. The van der Waals surface area contributed by atoms with Crippen molar-refractivity contribution in [2.75, 3.05) is 19.6 Å². The molecule has 0 saturated carbocycles.